The molecule has 0 aromatic carbocycles. The average molecular weight is 294 g/mol. The lowest BCUT2D eigenvalue weighted by molar-refractivity contribution is -0.671. The van der Waals surface area contributed by atoms with Gasteiger partial charge in [0.2, 0.25) is 0 Å². The topological polar surface area (TPSA) is 29.7 Å². The molecule has 3 aromatic rings. The highest BCUT2D eigenvalue weighted by molar-refractivity contribution is 7.98. The Hall–Kier alpha value is -2.20. The summed E-state index contributed by atoms with van der Waals surface area (Å²) in [5.74, 6) is 0. The Labute approximate surface area is 128 Å². The van der Waals surface area contributed by atoms with Crippen LogP contribution in [-0.4, -0.2) is 16.2 Å². The number of pyridine rings is 3. The first-order valence-corrected chi connectivity index (χ1v) is 7.92. The van der Waals surface area contributed by atoms with E-state index in [1.807, 2.05) is 42.1 Å². The summed E-state index contributed by atoms with van der Waals surface area (Å²) in [5.41, 5.74) is 3.88. The number of thioether (sulfide) groups is 1. The van der Waals surface area contributed by atoms with Gasteiger partial charge in [-0.3, -0.25) is 4.98 Å². The van der Waals surface area contributed by atoms with Crippen LogP contribution in [0.25, 0.3) is 22.6 Å². The summed E-state index contributed by atoms with van der Waals surface area (Å²) in [5, 5.41) is 0. The highest BCUT2D eigenvalue weighted by Crippen LogP contribution is 2.27. The van der Waals surface area contributed by atoms with Crippen LogP contribution < -0.4 is 4.57 Å². The van der Waals surface area contributed by atoms with E-state index in [1.165, 1.54) is 4.90 Å². The molecule has 0 unspecified atom stereocenters. The summed E-state index contributed by atoms with van der Waals surface area (Å²) in [6.45, 7) is 0. The Bertz CT molecular complexity index is 757. The Morgan fingerprint density at radius 1 is 1.00 bits per heavy atom. The van der Waals surface area contributed by atoms with Gasteiger partial charge in [-0.15, -0.1) is 11.8 Å². The van der Waals surface area contributed by atoms with Crippen molar-refractivity contribution in [1.82, 2.24) is 9.97 Å². The minimum atomic E-state index is 0.898. The molecule has 0 fully saturated rings. The molecule has 21 heavy (non-hydrogen) atoms. The first-order valence-electron chi connectivity index (χ1n) is 6.69. The molecule has 0 N–H and O–H groups in total. The minimum absolute atomic E-state index is 0.898. The van der Waals surface area contributed by atoms with Gasteiger partial charge in [0.25, 0.3) is 0 Å². The molecule has 0 amide bonds. The third-order valence-electron chi connectivity index (χ3n) is 3.20. The van der Waals surface area contributed by atoms with E-state index in [-0.39, 0.29) is 0 Å². The Morgan fingerprint density at radius 2 is 1.86 bits per heavy atom. The molecule has 0 aliphatic heterocycles. The molecule has 0 bridgehead atoms. The lowest BCUT2D eigenvalue weighted by Crippen LogP contribution is -2.26. The third-order valence-corrected chi connectivity index (χ3v) is 3.90. The van der Waals surface area contributed by atoms with Crippen LogP contribution >= 0.6 is 11.8 Å². The number of hydrogen-bond acceptors (Lipinski definition) is 3. The van der Waals surface area contributed by atoms with E-state index in [0.717, 1.165) is 22.6 Å². The summed E-state index contributed by atoms with van der Waals surface area (Å²) in [4.78, 5) is 10.4. The molecule has 0 radical (unpaired) electrons. The summed E-state index contributed by atoms with van der Waals surface area (Å²) in [6, 6.07) is 14.2. The molecule has 0 aliphatic carbocycles. The van der Waals surface area contributed by atoms with Crippen LogP contribution in [0.5, 0.6) is 0 Å². The first-order chi connectivity index (χ1) is 10.3. The maximum absolute atomic E-state index is 4.77. The normalized spacial score (nSPS) is 10.6. The van der Waals surface area contributed by atoms with Crippen molar-refractivity contribution in [3.8, 4) is 22.6 Å². The highest BCUT2D eigenvalue weighted by Gasteiger charge is 2.09. The molecule has 0 saturated heterocycles. The molecule has 0 saturated carbocycles. The zero-order valence-electron chi connectivity index (χ0n) is 12.0. The molecule has 0 atom stereocenters. The molecule has 3 aromatic heterocycles. The Morgan fingerprint density at radius 3 is 2.57 bits per heavy atom. The second kappa shape index (κ2) is 6.06. The molecular formula is C17H16N3S+. The predicted molar refractivity (Wildman–Crippen MR) is 85.9 cm³/mol. The molecule has 3 rings (SSSR count). The second-order valence-electron chi connectivity index (χ2n) is 4.75. The van der Waals surface area contributed by atoms with Crippen LogP contribution in [0.15, 0.2) is 66.0 Å². The van der Waals surface area contributed by atoms with E-state index in [4.69, 9.17) is 4.98 Å². The Balaban J connectivity index is 2.14. The lowest BCUT2D eigenvalue weighted by Gasteiger charge is -2.07. The zero-order chi connectivity index (χ0) is 14.7. The molecular weight excluding hydrogens is 278 g/mol. The van der Waals surface area contributed by atoms with E-state index < -0.39 is 0 Å². The van der Waals surface area contributed by atoms with Crippen molar-refractivity contribution in [3.05, 3.63) is 61.1 Å². The van der Waals surface area contributed by atoms with Gasteiger partial charge in [0.1, 0.15) is 7.05 Å². The van der Waals surface area contributed by atoms with Crippen LogP contribution in [0, 0.1) is 0 Å². The molecule has 104 valence electrons. The van der Waals surface area contributed by atoms with Crippen LogP contribution in [0.4, 0.5) is 0 Å². The van der Waals surface area contributed by atoms with Gasteiger partial charge < -0.3 is 0 Å². The number of aromatic nitrogens is 3. The van der Waals surface area contributed by atoms with Crippen molar-refractivity contribution in [3.63, 3.8) is 0 Å². The summed E-state index contributed by atoms with van der Waals surface area (Å²) < 4.78 is 2.03. The first kappa shape index (κ1) is 13.8. The summed E-state index contributed by atoms with van der Waals surface area (Å²) >= 11 is 1.72. The van der Waals surface area contributed by atoms with Gasteiger partial charge >= 0.3 is 0 Å². The maximum atomic E-state index is 4.77. The SMILES string of the molecule is CSc1cc(-c2ccc[n+](C)c2)nc(-c2ccccn2)c1. The maximum Gasteiger partial charge on any atom is 0.177 e. The van der Waals surface area contributed by atoms with E-state index >= 15 is 0 Å². The van der Waals surface area contributed by atoms with E-state index in [0.29, 0.717) is 0 Å². The van der Waals surface area contributed by atoms with E-state index in [9.17, 15) is 0 Å². The molecule has 4 heteroatoms. The monoisotopic (exact) mass is 294 g/mol. The van der Waals surface area contributed by atoms with Gasteiger partial charge in [-0.2, -0.15) is 0 Å². The van der Waals surface area contributed by atoms with Crippen molar-refractivity contribution in [1.29, 1.82) is 0 Å². The number of nitrogens with zero attached hydrogens (tertiary/aromatic N) is 3. The number of rotatable bonds is 3. The van der Waals surface area contributed by atoms with Gasteiger partial charge in [0, 0.05) is 17.2 Å². The lowest BCUT2D eigenvalue weighted by atomic mass is 10.1. The van der Waals surface area contributed by atoms with Gasteiger partial charge in [0.05, 0.1) is 22.6 Å². The quantitative estimate of drug-likeness (QED) is 0.548. The van der Waals surface area contributed by atoms with Crippen molar-refractivity contribution in [2.45, 2.75) is 4.90 Å². The van der Waals surface area contributed by atoms with Crippen molar-refractivity contribution in [2.24, 2.45) is 7.05 Å². The predicted octanol–water partition coefficient (Wildman–Crippen LogP) is 3.36. The minimum Gasteiger partial charge on any atom is -0.255 e. The zero-order valence-corrected chi connectivity index (χ0v) is 12.8. The fourth-order valence-corrected chi connectivity index (χ4v) is 2.62. The highest BCUT2D eigenvalue weighted by atomic mass is 32.2. The molecule has 0 aliphatic rings. The van der Waals surface area contributed by atoms with Crippen molar-refractivity contribution >= 4 is 11.8 Å². The molecule has 3 nitrogen and oxygen atoms in total. The van der Waals surface area contributed by atoms with Crippen LogP contribution in [0.2, 0.25) is 0 Å². The van der Waals surface area contributed by atoms with Crippen LogP contribution in [0.1, 0.15) is 0 Å². The van der Waals surface area contributed by atoms with Crippen LogP contribution in [-0.2, 0) is 7.05 Å². The molecule has 0 spiro atoms. The van der Waals surface area contributed by atoms with Crippen LogP contribution in [0.3, 0.4) is 0 Å². The Kier molecular flexibility index (Phi) is 3.97. The van der Waals surface area contributed by atoms with Crippen molar-refractivity contribution < 1.29 is 4.57 Å². The average Bonchev–Trinajstić information content (AvgIpc) is 2.55. The fourth-order valence-electron chi connectivity index (χ4n) is 2.16. The second-order valence-corrected chi connectivity index (χ2v) is 5.63. The van der Waals surface area contributed by atoms with E-state index in [1.54, 1.807) is 18.0 Å². The largest absolute Gasteiger partial charge is 0.255 e. The number of hydrogen-bond donors (Lipinski definition) is 0. The smallest absolute Gasteiger partial charge is 0.177 e. The van der Waals surface area contributed by atoms with Gasteiger partial charge in [-0.25, -0.2) is 9.55 Å². The van der Waals surface area contributed by atoms with E-state index in [2.05, 4.69) is 35.6 Å². The molecule has 3 heterocycles. The van der Waals surface area contributed by atoms with Gasteiger partial charge in [-0.05, 0) is 36.6 Å². The van der Waals surface area contributed by atoms with Gasteiger partial charge in [0.15, 0.2) is 12.4 Å². The standard InChI is InChI=1S/C17H16N3S/c1-20-9-5-6-13(12-20)16-10-14(21-2)11-17(19-16)15-7-3-4-8-18-15/h3-12H,1-2H3/q+1. The van der Waals surface area contributed by atoms with Gasteiger partial charge in [-0.1, -0.05) is 6.07 Å². The number of aryl methyl sites for hydroxylation is 1. The summed E-state index contributed by atoms with van der Waals surface area (Å²) in [7, 11) is 2.02. The fraction of sp³-hybridized carbons (Fsp3) is 0.118. The third kappa shape index (κ3) is 3.11. The summed E-state index contributed by atoms with van der Waals surface area (Å²) in [6.07, 6.45) is 7.97. The van der Waals surface area contributed by atoms with Crippen molar-refractivity contribution in [2.75, 3.05) is 6.26 Å².